The molecule has 2 rings (SSSR count). The first-order valence-corrected chi connectivity index (χ1v) is 5.93. The van der Waals surface area contributed by atoms with E-state index in [4.69, 9.17) is 10.2 Å². The molecule has 1 heterocycles. The van der Waals surface area contributed by atoms with Crippen LogP contribution >= 0.6 is 11.8 Å². The highest BCUT2D eigenvalue weighted by molar-refractivity contribution is 7.97. The molecule has 2 nitrogen and oxygen atoms in total. The molecular weight excluding hydrogens is 194 g/mol. The lowest BCUT2D eigenvalue weighted by atomic mass is 10.1. The predicted molar refractivity (Wildman–Crippen MR) is 61.3 cm³/mol. The van der Waals surface area contributed by atoms with Crippen molar-refractivity contribution in [1.29, 1.82) is 0 Å². The fourth-order valence-corrected chi connectivity index (χ4v) is 1.91. The van der Waals surface area contributed by atoms with Crippen LogP contribution in [0.25, 0.3) is 11.0 Å². The van der Waals surface area contributed by atoms with Crippen LogP contribution in [0.1, 0.15) is 11.3 Å². The number of hydrogen-bond acceptors (Lipinski definition) is 3. The van der Waals surface area contributed by atoms with Crippen LogP contribution in [-0.2, 0) is 12.3 Å². The molecule has 2 N–H and O–H groups in total. The zero-order valence-electron chi connectivity index (χ0n) is 8.12. The number of hydrogen-bond donors (Lipinski definition) is 1. The molecule has 74 valence electrons. The average molecular weight is 207 g/mol. The summed E-state index contributed by atoms with van der Waals surface area (Å²) in [6.45, 7) is 0.582. The van der Waals surface area contributed by atoms with Gasteiger partial charge in [-0.25, -0.2) is 0 Å². The normalized spacial score (nSPS) is 11.0. The Balaban J connectivity index is 2.43. The van der Waals surface area contributed by atoms with E-state index in [9.17, 15) is 0 Å². The number of rotatable bonds is 3. The zero-order chi connectivity index (χ0) is 9.97. The van der Waals surface area contributed by atoms with Gasteiger partial charge in [0.2, 0.25) is 0 Å². The Kier molecular flexibility index (Phi) is 2.79. The second-order valence-corrected chi connectivity index (χ2v) is 4.09. The summed E-state index contributed by atoms with van der Waals surface area (Å²) in [6.07, 6.45) is 2.07. The van der Waals surface area contributed by atoms with Gasteiger partial charge in [0.25, 0.3) is 0 Å². The van der Waals surface area contributed by atoms with E-state index in [0.717, 1.165) is 28.0 Å². The maximum atomic E-state index is 5.65. The quantitative estimate of drug-likeness (QED) is 0.841. The number of furan rings is 1. The van der Waals surface area contributed by atoms with E-state index in [-0.39, 0.29) is 0 Å². The van der Waals surface area contributed by atoms with E-state index in [0.29, 0.717) is 6.54 Å². The van der Waals surface area contributed by atoms with Crippen LogP contribution in [0.4, 0.5) is 0 Å². The highest BCUT2D eigenvalue weighted by Gasteiger charge is 2.03. The Morgan fingerprint density at radius 3 is 2.93 bits per heavy atom. The maximum absolute atomic E-state index is 5.65. The SMILES string of the molecule is CSCc1cc2cc(CN)ccc2o1. The van der Waals surface area contributed by atoms with Gasteiger partial charge in [-0.05, 0) is 30.0 Å². The zero-order valence-corrected chi connectivity index (χ0v) is 8.93. The first-order valence-electron chi connectivity index (χ1n) is 4.54. The molecule has 0 saturated heterocycles. The van der Waals surface area contributed by atoms with Crippen molar-refractivity contribution in [2.75, 3.05) is 6.26 Å². The fraction of sp³-hybridized carbons (Fsp3) is 0.273. The van der Waals surface area contributed by atoms with E-state index < -0.39 is 0 Å². The maximum Gasteiger partial charge on any atom is 0.134 e. The second-order valence-electron chi connectivity index (χ2n) is 3.22. The first kappa shape index (κ1) is 9.62. The summed E-state index contributed by atoms with van der Waals surface area (Å²) in [6, 6.07) is 8.17. The molecule has 0 spiro atoms. The second kappa shape index (κ2) is 4.07. The van der Waals surface area contributed by atoms with E-state index in [1.54, 1.807) is 11.8 Å². The molecule has 0 atom stereocenters. The molecule has 0 unspecified atom stereocenters. The fourth-order valence-electron chi connectivity index (χ4n) is 1.49. The summed E-state index contributed by atoms with van der Waals surface area (Å²) >= 11 is 1.76. The summed E-state index contributed by atoms with van der Waals surface area (Å²) in [7, 11) is 0. The molecule has 0 bridgehead atoms. The third kappa shape index (κ3) is 1.79. The van der Waals surface area contributed by atoms with Crippen LogP contribution in [0.5, 0.6) is 0 Å². The molecule has 0 radical (unpaired) electrons. The minimum absolute atomic E-state index is 0.582. The first-order chi connectivity index (χ1) is 6.83. The molecule has 2 aromatic rings. The summed E-state index contributed by atoms with van der Waals surface area (Å²) in [4.78, 5) is 0. The van der Waals surface area contributed by atoms with Crippen LogP contribution in [-0.4, -0.2) is 6.26 Å². The molecule has 0 aliphatic rings. The molecule has 3 heteroatoms. The van der Waals surface area contributed by atoms with Crippen LogP contribution < -0.4 is 5.73 Å². The summed E-state index contributed by atoms with van der Waals surface area (Å²) < 4.78 is 5.65. The van der Waals surface area contributed by atoms with E-state index >= 15 is 0 Å². The van der Waals surface area contributed by atoms with Crippen molar-refractivity contribution in [2.45, 2.75) is 12.3 Å². The van der Waals surface area contributed by atoms with Gasteiger partial charge in [0.1, 0.15) is 11.3 Å². The summed E-state index contributed by atoms with van der Waals surface area (Å²) in [5.41, 5.74) is 7.67. The number of thioether (sulfide) groups is 1. The van der Waals surface area contributed by atoms with E-state index in [1.165, 1.54) is 0 Å². The van der Waals surface area contributed by atoms with Gasteiger partial charge in [-0.15, -0.1) is 0 Å². The summed E-state index contributed by atoms with van der Waals surface area (Å²) in [5, 5.41) is 1.15. The molecular formula is C11H13NOS. The molecule has 1 aromatic heterocycles. The Morgan fingerprint density at radius 1 is 1.36 bits per heavy atom. The van der Waals surface area contributed by atoms with Gasteiger partial charge in [-0.2, -0.15) is 11.8 Å². The molecule has 14 heavy (non-hydrogen) atoms. The Morgan fingerprint density at radius 2 is 2.21 bits per heavy atom. The van der Waals surface area contributed by atoms with Gasteiger partial charge in [0.15, 0.2) is 0 Å². The predicted octanol–water partition coefficient (Wildman–Crippen LogP) is 2.75. The van der Waals surface area contributed by atoms with Crippen molar-refractivity contribution >= 4 is 22.7 Å². The van der Waals surface area contributed by atoms with Crippen LogP contribution in [0.15, 0.2) is 28.7 Å². The third-order valence-corrected chi connectivity index (χ3v) is 2.73. The standard InChI is InChI=1S/C11H13NOS/c1-14-7-10-5-9-4-8(6-12)2-3-11(9)13-10/h2-5H,6-7,12H2,1H3. The number of benzene rings is 1. The Labute approximate surface area is 87.5 Å². The van der Waals surface area contributed by atoms with Crippen LogP contribution in [0.2, 0.25) is 0 Å². The lowest BCUT2D eigenvalue weighted by molar-refractivity contribution is 0.574. The van der Waals surface area contributed by atoms with Crippen LogP contribution in [0, 0.1) is 0 Å². The van der Waals surface area contributed by atoms with Crippen molar-refractivity contribution in [3.05, 3.63) is 35.6 Å². The van der Waals surface area contributed by atoms with Gasteiger partial charge in [-0.1, -0.05) is 6.07 Å². The molecule has 0 aliphatic heterocycles. The van der Waals surface area contributed by atoms with E-state index in [1.807, 2.05) is 12.1 Å². The molecule has 0 aliphatic carbocycles. The Bertz CT molecular complexity index is 436. The number of fused-ring (bicyclic) bond motifs is 1. The van der Waals surface area contributed by atoms with Crippen molar-refractivity contribution in [1.82, 2.24) is 0 Å². The van der Waals surface area contributed by atoms with Gasteiger partial charge < -0.3 is 10.2 Å². The van der Waals surface area contributed by atoms with Crippen molar-refractivity contribution in [3.8, 4) is 0 Å². The highest BCUT2D eigenvalue weighted by Crippen LogP contribution is 2.22. The van der Waals surface area contributed by atoms with Gasteiger partial charge >= 0.3 is 0 Å². The lowest BCUT2D eigenvalue weighted by Gasteiger charge is -1.94. The average Bonchev–Trinajstić information content (AvgIpc) is 2.59. The van der Waals surface area contributed by atoms with Gasteiger partial charge in [0, 0.05) is 11.9 Å². The molecule has 0 amide bonds. The van der Waals surface area contributed by atoms with E-state index in [2.05, 4.69) is 18.4 Å². The van der Waals surface area contributed by atoms with Crippen molar-refractivity contribution in [3.63, 3.8) is 0 Å². The Hall–Kier alpha value is -0.930. The topological polar surface area (TPSA) is 39.2 Å². The monoisotopic (exact) mass is 207 g/mol. The van der Waals surface area contributed by atoms with Gasteiger partial charge in [-0.3, -0.25) is 0 Å². The smallest absolute Gasteiger partial charge is 0.134 e. The minimum atomic E-state index is 0.582. The highest BCUT2D eigenvalue weighted by atomic mass is 32.2. The molecule has 0 saturated carbocycles. The minimum Gasteiger partial charge on any atom is -0.460 e. The lowest BCUT2D eigenvalue weighted by Crippen LogP contribution is -1.94. The summed E-state index contributed by atoms with van der Waals surface area (Å²) in [5.74, 6) is 1.95. The van der Waals surface area contributed by atoms with Crippen LogP contribution in [0.3, 0.4) is 0 Å². The van der Waals surface area contributed by atoms with Crippen molar-refractivity contribution < 1.29 is 4.42 Å². The largest absolute Gasteiger partial charge is 0.460 e. The molecule has 1 aromatic carbocycles. The number of nitrogens with two attached hydrogens (primary N) is 1. The third-order valence-electron chi connectivity index (χ3n) is 2.15. The van der Waals surface area contributed by atoms with Gasteiger partial charge in [0.05, 0.1) is 5.75 Å². The van der Waals surface area contributed by atoms with Crippen molar-refractivity contribution in [2.24, 2.45) is 5.73 Å². The molecule has 0 fully saturated rings.